The minimum Gasteiger partial charge on any atom is -0.497 e. The van der Waals surface area contributed by atoms with E-state index in [2.05, 4.69) is 24.3 Å². The maximum Gasteiger partial charge on any atom is 0.154 e. The Morgan fingerprint density at radius 3 is 2.41 bits per heavy atom. The van der Waals surface area contributed by atoms with Crippen LogP contribution < -0.4 is 9.47 Å². The SMILES string of the molecule is COc1ccc([C@@H]2[C@@H]3CCc4ccc(OC)cc4C3=NN2/C(C)=C\C(C)=O)cc1. The predicted octanol–water partition coefficient (Wildman–Crippen LogP) is 4.52. The number of hydrazone groups is 1. The second-order valence-electron chi connectivity index (χ2n) is 7.61. The van der Waals surface area contributed by atoms with Crippen LogP contribution in [0.3, 0.4) is 0 Å². The zero-order chi connectivity index (χ0) is 20.5. The number of hydrogen-bond acceptors (Lipinski definition) is 5. The summed E-state index contributed by atoms with van der Waals surface area (Å²) in [5.74, 6) is 1.93. The highest BCUT2D eigenvalue weighted by Crippen LogP contribution is 2.45. The maximum atomic E-state index is 11.7. The number of hydrogen-bond donors (Lipinski definition) is 0. The van der Waals surface area contributed by atoms with Gasteiger partial charge in [0, 0.05) is 23.3 Å². The number of methoxy groups -OCH3 is 2. The van der Waals surface area contributed by atoms with Crippen LogP contribution in [0.5, 0.6) is 11.5 Å². The molecule has 0 bridgehead atoms. The number of ketones is 1. The van der Waals surface area contributed by atoms with Crippen molar-refractivity contribution in [3.63, 3.8) is 0 Å². The Morgan fingerprint density at radius 2 is 1.76 bits per heavy atom. The van der Waals surface area contributed by atoms with Crippen molar-refractivity contribution >= 4 is 11.5 Å². The molecule has 0 aromatic heterocycles. The summed E-state index contributed by atoms with van der Waals surface area (Å²) < 4.78 is 10.8. The van der Waals surface area contributed by atoms with Crippen molar-refractivity contribution in [2.24, 2.45) is 11.0 Å². The molecule has 4 rings (SSSR count). The third-order valence-corrected chi connectivity index (χ3v) is 5.76. The van der Waals surface area contributed by atoms with Gasteiger partial charge in [0.15, 0.2) is 5.78 Å². The molecular weight excluding hydrogens is 364 g/mol. The Balaban J connectivity index is 1.81. The van der Waals surface area contributed by atoms with Gasteiger partial charge < -0.3 is 9.47 Å². The number of carbonyl (C=O) groups is 1. The van der Waals surface area contributed by atoms with E-state index < -0.39 is 0 Å². The van der Waals surface area contributed by atoms with Crippen molar-refractivity contribution in [2.75, 3.05) is 14.2 Å². The summed E-state index contributed by atoms with van der Waals surface area (Å²) in [6, 6.07) is 14.4. The lowest BCUT2D eigenvalue weighted by molar-refractivity contribution is -0.112. The highest BCUT2D eigenvalue weighted by atomic mass is 16.5. The van der Waals surface area contributed by atoms with Crippen molar-refractivity contribution in [3.05, 3.63) is 70.9 Å². The molecule has 0 amide bonds. The third kappa shape index (κ3) is 3.53. The van der Waals surface area contributed by atoms with Crippen LogP contribution in [0.25, 0.3) is 0 Å². The maximum absolute atomic E-state index is 11.7. The third-order valence-electron chi connectivity index (χ3n) is 5.76. The van der Waals surface area contributed by atoms with E-state index in [0.29, 0.717) is 0 Å². The van der Waals surface area contributed by atoms with E-state index in [1.807, 2.05) is 30.1 Å². The van der Waals surface area contributed by atoms with Crippen LogP contribution in [0.2, 0.25) is 0 Å². The monoisotopic (exact) mass is 390 g/mol. The van der Waals surface area contributed by atoms with Crippen LogP contribution in [-0.2, 0) is 11.2 Å². The van der Waals surface area contributed by atoms with Crippen molar-refractivity contribution in [1.29, 1.82) is 0 Å². The molecule has 0 radical (unpaired) electrons. The van der Waals surface area contributed by atoms with Gasteiger partial charge in [-0.15, -0.1) is 0 Å². The summed E-state index contributed by atoms with van der Waals surface area (Å²) >= 11 is 0. The van der Waals surface area contributed by atoms with Gasteiger partial charge in [-0.05, 0) is 62.1 Å². The molecule has 0 saturated heterocycles. The number of allylic oxidation sites excluding steroid dienone is 2. The van der Waals surface area contributed by atoms with Crippen LogP contribution in [0, 0.1) is 5.92 Å². The molecule has 5 heteroatoms. The number of aryl methyl sites for hydroxylation is 1. The number of carbonyl (C=O) groups excluding carboxylic acids is 1. The molecule has 0 fully saturated rings. The van der Waals surface area contributed by atoms with Gasteiger partial charge in [0.1, 0.15) is 11.5 Å². The topological polar surface area (TPSA) is 51.1 Å². The Bertz CT molecular complexity index is 992. The molecule has 2 aromatic rings. The van der Waals surface area contributed by atoms with Crippen molar-refractivity contribution < 1.29 is 14.3 Å². The van der Waals surface area contributed by atoms with Crippen molar-refractivity contribution in [2.45, 2.75) is 32.7 Å². The van der Waals surface area contributed by atoms with E-state index in [-0.39, 0.29) is 17.7 Å². The van der Waals surface area contributed by atoms with E-state index in [1.54, 1.807) is 27.2 Å². The van der Waals surface area contributed by atoms with Crippen molar-refractivity contribution in [1.82, 2.24) is 5.01 Å². The molecule has 1 heterocycles. The fourth-order valence-electron chi connectivity index (χ4n) is 4.40. The molecule has 0 unspecified atom stereocenters. The molecule has 0 N–H and O–H groups in total. The zero-order valence-corrected chi connectivity index (χ0v) is 17.3. The smallest absolute Gasteiger partial charge is 0.154 e. The Hall–Kier alpha value is -3.08. The molecule has 2 aromatic carbocycles. The molecular formula is C24H26N2O3. The Labute approximate surface area is 171 Å². The van der Waals surface area contributed by atoms with Gasteiger partial charge >= 0.3 is 0 Å². The van der Waals surface area contributed by atoms with Crippen LogP contribution in [0.4, 0.5) is 0 Å². The Kier molecular flexibility index (Phi) is 5.14. The Morgan fingerprint density at radius 1 is 1.07 bits per heavy atom. The van der Waals surface area contributed by atoms with Gasteiger partial charge in [-0.1, -0.05) is 18.2 Å². The first-order valence-corrected chi connectivity index (χ1v) is 9.89. The number of fused-ring (bicyclic) bond motifs is 3. The van der Waals surface area contributed by atoms with Gasteiger partial charge in [0.25, 0.3) is 0 Å². The number of benzene rings is 2. The van der Waals surface area contributed by atoms with Gasteiger partial charge in [0.2, 0.25) is 0 Å². The average Bonchev–Trinajstić information content (AvgIpc) is 3.13. The van der Waals surface area contributed by atoms with Crippen LogP contribution >= 0.6 is 0 Å². The average molecular weight is 390 g/mol. The van der Waals surface area contributed by atoms with E-state index in [0.717, 1.165) is 46.9 Å². The van der Waals surface area contributed by atoms with Crippen LogP contribution in [-0.4, -0.2) is 30.7 Å². The molecule has 2 atom stereocenters. The lowest BCUT2D eigenvalue weighted by Crippen LogP contribution is -2.28. The van der Waals surface area contributed by atoms with Gasteiger partial charge in [0.05, 0.1) is 26.0 Å². The van der Waals surface area contributed by atoms with Gasteiger partial charge in [-0.25, -0.2) is 0 Å². The standard InChI is InChI=1S/C24H26N2O3/c1-15(13-16(2)27)26-24(18-6-9-19(28-3)10-7-18)21-12-8-17-5-11-20(29-4)14-22(17)23(21)25-26/h5-7,9-11,13-14,21,24H,8,12H2,1-4H3/b15-13-/t21-,24-/m1/s1. The van der Waals surface area contributed by atoms with Crippen LogP contribution in [0.1, 0.15) is 43.0 Å². The lowest BCUT2D eigenvalue weighted by Gasteiger charge is -2.31. The normalized spacial score (nSPS) is 20.6. The second kappa shape index (κ2) is 7.74. The quantitative estimate of drug-likeness (QED) is 0.705. The molecule has 1 aliphatic carbocycles. The fraction of sp³-hybridized carbons (Fsp3) is 0.333. The molecule has 0 saturated carbocycles. The first kappa shape index (κ1) is 19.2. The minimum atomic E-state index is 0.0214. The lowest BCUT2D eigenvalue weighted by atomic mass is 9.77. The molecule has 1 aliphatic heterocycles. The highest BCUT2D eigenvalue weighted by Gasteiger charge is 2.42. The highest BCUT2D eigenvalue weighted by molar-refractivity contribution is 6.06. The fourth-order valence-corrected chi connectivity index (χ4v) is 4.40. The summed E-state index contributed by atoms with van der Waals surface area (Å²) in [4.78, 5) is 11.7. The van der Waals surface area contributed by atoms with Gasteiger partial charge in [-0.2, -0.15) is 5.10 Å². The van der Waals surface area contributed by atoms with E-state index in [9.17, 15) is 4.79 Å². The molecule has 150 valence electrons. The summed E-state index contributed by atoms with van der Waals surface area (Å²) in [7, 11) is 3.36. The molecule has 5 nitrogen and oxygen atoms in total. The van der Waals surface area contributed by atoms with Crippen LogP contribution in [0.15, 0.2) is 59.3 Å². The summed E-state index contributed by atoms with van der Waals surface area (Å²) in [5, 5.41) is 7.03. The van der Waals surface area contributed by atoms with Gasteiger partial charge in [-0.3, -0.25) is 9.80 Å². The number of nitrogens with zero attached hydrogens (tertiary/aromatic N) is 2. The van der Waals surface area contributed by atoms with E-state index in [4.69, 9.17) is 14.6 Å². The first-order chi connectivity index (χ1) is 14.0. The second-order valence-corrected chi connectivity index (χ2v) is 7.61. The molecule has 0 spiro atoms. The largest absolute Gasteiger partial charge is 0.497 e. The number of rotatable bonds is 5. The predicted molar refractivity (Wildman–Crippen MR) is 113 cm³/mol. The van der Waals surface area contributed by atoms with Crippen molar-refractivity contribution in [3.8, 4) is 11.5 Å². The first-order valence-electron chi connectivity index (χ1n) is 9.89. The molecule has 29 heavy (non-hydrogen) atoms. The summed E-state index contributed by atoms with van der Waals surface area (Å²) in [5.41, 5.74) is 5.53. The molecule has 2 aliphatic rings. The van der Waals surface area contributed by atoms with E-state index in [1.165, 1.54) is 5.56 Å². The number of ether oxygens (including phenoxy) is 2. The summed E-state index contributed by atoms with van der Waals surface area (Å²) in [6.45, 7) is 3.52. The minimum absolute atomic E-state index is 0.0214. The summed E-state index contributed by atoms with van der Waals surface area (Å²) in [6.07, 6.45) is 3.67. The zero-order valence-electron chi connectivity index (χ0n) is 17.3. The van der Waals surface area contributed by atoms with E-state index >= 15 is 0 Å².